The fourth-order valence-corrected chi connectivity index (χ4v) is 2.14. The van der Waals surface area contributed by atoms with Gasteiger partial charge in [0.05, 0.1) is 0 Å². The summed E-state index contributed by atoms with van der Waals surface area (Å²) in [4.78, 5) is 0. The van der Waals surface area contributed by atoms with Crippen molar-refractivity contribution < 1.29 is 9.47 Å². The molecule has 0 bridgehead atoms. The molecule has 4 nitrogen and oxygen atoms in total. The first-order valence-corrected chi connectivity index (χ1v) is 7.00. The molecule has 1 aromatic carbocycles. The van der Waals surface area contributed by atoms with Gasteiger partial charge in [0.1, 0.15) is 0 Å². The summed E-state index contributed by atoms with van der Waals surface area (Å²) < 4.78 is 10.7. The normalized spacial score (nSPS) is 15.9. The highest BCUT2D eigenvalue weighted by atomic mass is 16.7. The van der Waals surface area contributed by atoms with Crippen LogP contribution in [0.4, 0.5) is 0 Å². The van der Waals surface area contributed by atoms with Crippen LogP contribution < -0.4 is 20.5 Å². The lowest BCUT2D eigenvalue weighted by Crippen LogP contribution is -2.49. The number of hydrogen-bond donors (Lipinski definition) is 2. The third-order valence-corrected chi connectivity index (χ3v) is 3.67. The summed E-state index contributed by atoms with van der Waals surface area (Å²) in [6.07, 6.45) is 1.92. The van der Waals surface area contributed by atoms with Gasteiger partial charge in [-0.2, -0.15) is 0 Å². The van der Waals surface area contributed by atoms with Gasteiger partial charge in [-0.05, 0) is 44.4 Å². The molecule has 1 atom stereocenters. The Bertz CT molecular complexity index is 487. The van der Waals surface area contributed by atoms with Crippen LogP contribution in [-0.4, -0.2) is 25.4 Å². The van der Waals surface area contributed by atoms with Crippen LogP contribution in [0, 0.1) is 0 Å². The average molecular weight is 276 g/mol. The van der Waals surface area contributed by atoms with Crippen molar-refractivity contribution in [3.63, 3.8) is 0 Å². The maximum absolute atomic E-state index is 5.91. The van der Waals surface area contributed by atoms with E-state index >= 15 is 0 Å². The number of nitrogens with two attached hydrogens (primary N) is 1. The predicted octanol–water partition coefficient (Wildman–Crippen LogP) is 2.23. The topological polar surface area (TPSA) is 56.5 Å². The van der Waals surface area contributed by atoms with Crippen LogP contribution in [0.3, 0.4) is 0 Å². The fourth-order valence-electron chi connectivity index (χ4n) is 2.14. The molecule has 1 aromatic rings. The van der Waals surface area contributed by atoms with E-state index in [4.69, 9.17) is 15.2 Å². The van der Waals surface area contributed by atoms with E-state index in [1.807, 2.05) is 13.0 Å². The third-order valence-electron chi connectivity index (χ3n) is 3.67. The Balaban J connectivity index is 1.94. The molecule has 0 amide bonds. The molecular weight excluding hydrogens is 252 g/mol. The third kappa shape index (κ3) is 3.74. The van der Waals surface area contributed by atoms with Gasteiger partial charge in [0.2, 0.25) is 6.79 Å². The maximum atomic E-state index is 5.91. The molecule has 2 rings (SSSR count). The minimum atomic E-state index is -0.0741. The van der Waals surface area contributed by atoms with Crippen molar-refractivity contribution in [2.45, 2.75) is 32.2 Å². The average Bonchev–Trinajstić information content (AvgIpc) is 2.90. The number of hydrogen-bond acceptors (Lipinski definition) is 4. The van der Waals surface area contributed by atoms with Crippen LogP contribution in [-0.2, 0) is 6.42 Å². The predicted molar refractivity (Wildman–Crippen MR) is 81.2 cm³/mol. The smallest absolute Gasteiger partial charge is 0.231 e. The van der Waals surface area contributed by atoms with E-state index in [9.17, 15) is 0 Å². The van der Waals surface area contributed by atoms with Gasteiger partial charge in [0, 0.05) is 18.6 Å². The van der Waals surface area contributed by atoms with E-state index in [1.54, 1.807) is 0 Å². The highest BCUT2D eigenvalue weighted by molar-refractivity contribution is 5.44. The molecular formula is C16H24N2O2. The lowest BCUT2D eigenvalue weighted by Gasteiger charge is -2.30. The van der Waals surface area contributed by atoms with Gasteiger partial charge in [0.15, 0.2) is 11.5 Å². The SMILES string of the molecule is C=C(C)CNC(C)(CN)CCc1ccc2c(c1)OCO2. The van der Waals surface area contributed by atoms with Gasteiger partial charge in [-0.15, -0.1) is 0 Å². The number of aryl methyl sites for hydroxylation is 1. The molecule has 1 heterocycles. The van der Waals surface area contributed by atoms with Crippen molar-refractivity contribution in [2.75, 3.05) is 19.9 Å². The summed E-state index contributed by atoms with van der Waals surface area (Å²) in [7, 11) is 0. The molecule has 1 unspecified atom stereocenters. The van der Waals surface area contributed by atoms with Crippen molar-refractivity contribution in [2.24, 2.45) is 5.73 Å². The molecule has 110 valence electrons. The zero-order valence-electron chi connectivity index (χ0n) is 12.4. The Hall–Kier alpha value is -1.52. The van der Waals surface area contributed by atoms with E-state index in [-0.39, 0.29) is 5.54 Å². The highest BCUT2D eigenvalue weighted by Gasteiger charge is 2.22. The number of ether oxygens (including phenoxy) is 2. The molecule has 0 radical (unpaired) electrons. The fraction of sp³-hybridized carbons (Fsp3) is 0.500. The van der Waals surface area contributed by atoms with Crippen LogP contribution in [0.5, 0.6) is 11.5 Å². The minimum absolute atomic E-state index is 0.0741. The van der Waals surface area contributed by atoms with Crippen LogP contribution in [0.25, 0.3) is 0 Å². The summed E-state index contributed by atoms with van der Waals surface area (Å²) in [5.74, 6) is 1.67. The second-order valence-electron chi connectivity index (χ2n) is 5.76. The molecule has 0 fully saturated rings. The molecule has 0 aromatic heterocycles. The minimum Gasteiger partial charge on any atom is -0.454 e. The van der Waals surface area contributed by atoms with Gasteiger partial charge in [-0.3, -0.25) is 0 Å². The molecule has 4 heteroatoms. The van der Waals surface area contributed by atoms with Crippen LogP contribution in [0.15, 0.2) is 30.4 Å². The van der Waals surface area contributed by atoms with Crippen molar-refractivity contribution >= 4 is 0 Å². The number of nitrogens with one attached hydrogen (secondary N) is 1. The summed E-state index contributed by atoms with van der Waals surface area (Å²) >= 11 is 0. The first-order chi connectivity index (χ1) is 9.52. The lowest BCUT2D eigenvalue weighted by molar-refractivity contribution is 0.174. The Kier molecular flexibility index (Phi) is 4.68. The van der Waals surface area contributed by atoms with E-state index in [1.165, 1.54) is 5.56 Å². The van der Waals surface area contributed by atoms with Gasteiger partial charge in [-0.1, -0.05) is 18.2 Å². The van der Waals surface area contributed by atoms with Crippen LogP contribution in [0.2, 0.25) is 0 Å². The first-order valence-electron chi connectivity index (χ1n) is 7.00. The Labute approximate surface area is 121 Å². The molecule has 20 heavy (non-hydrogen) atoms. The summed E-state index contributed by atoms with van der Waals surface area (Å²) in [5.41, 5.74) is 8.20. The molecule has 1 aliphatic heterocycles. The lowest BCUT2D eigenvalue weighted by atomic mass is 9.93. The van der Waals surface area contributed by atoms with Gasteiger partial charge in [-0.25, -0.2) is 0 Å². The van der Waals surface area contributed by atoms with Crippen LogP contribution >= 0.6 is 0 Å². The van der Waals surface area contributed by atoms with Gasteiger partial charge < -0.3 is 20.5 Å². The largest absolute Gasteiger partial charge is 0.454 e. The van der Waals surface area contributed by atoms with E-state index in [2.05, 4.69) is 31.0 Å². The second kappa shape index (κ2) is 6.29. The first kappa shape index (κ1) is 14.9. The molecule has 0 spiro atoms. The molecule has 0 aliphatic carbocycles. The number of rotatable bonds is 7. The Morgan fingerprint density at radius 2 is 2.15 bits per heavy atom. The second-order valence-corrected chi connectivity index (χ2v) is 5.76. The van der Waals surface area contributed by atoms with Crippen molar-refractivity contribution in [3.05, 3.63) is 35.9 Å². The van der Waals surface area contributed by atoms with Crippen LogP contribution in [0.1, 0.15) is 25.8 Å². The number of fused-ring (bicyclic) bond motifs is 1. The Morgan fingerprint density at radius 1 is 1.40 bits per heavy atom. The Morgan fingerprint density at radius 3 is 2.85 bits per heavy atom. The van der Waals surface area contributed by atoms with Crippen molar-refractivity contribution in [3.8, 4) is 11.5 Å². The number of benzene rings is 1. The molecule has 3 N–H and O–H groups in total. The highest BCUT2D eigenvalue weighted by Crippen LogP contribution is 2.33. The van der Waals surface area contributed by atoms with Gasteiger partial charge in [0.25, 0.3) is 0 Å². The monoisotopic (exact) mass is 276 g/mol. The summed E-state index contributed by atoms with van der Waals surface area (Å²) in [5, 5.41) is 3.49. The molecule has 0 saturated carbocycles. The summed E-state index contributed by atoms with van der Waals surface area (Å²) in [6.45, 7) is 9.81. The van der Waals surface area contributed by atoms with E-state index in [0.717, 1.165) is 36.5 Å². The quantitative estimate of drug-likeness (QED) is 0.750. The van der Waals surface area contributed by atoms with E-state index < -0.39 is 0 Å². The zero-order valence-corrected chi connectivity index (χ0v) is 12.4. The maximum Gasteiger partial charge on any atom is 0.231 e. The van der Waals surface area contributed by atoms with Crippen molar-refractivity contribution in [1.82, 2.24) is 5.32 Å². The molecule has 1 aliphatic rings. The summed E-state index contributed by atoms with van der Waals surface area (Å²) in [6, 6.07) is 6.11. The molecule has 0 saturated heterocycles. The van der Waals surface area contributed by atoms with Gasteiger partial charge >= 0.3 is 0 Å². The van der Waals surface area contributed by atoms with Crippen molar-refractivity contribution in [1.29, 1.82) is 0 Å². The standard InChI is InChI=1S/C16H24N2O2/c1-12(2)9-18-16(3,10-17)7-6-13-4-5-14-15(8-13)20-11-19-14/h4-5,8,18H,1,6-7,9-11,17H2,2-3H3. The van der Waals surface area contributed by atoms with E-state index in [0.29, 0.717) is 13.3 Å². The zero-order chi connectivity index (χ0) is 14.6.